The first-order valence-electron chi connectivity index (χ1n) is 11.5. The van der Waals surface area contributed by atoms with Crippen LogP contribution < -0.4 is 0 Å². The van der Waals surface area contributed by atoms with Gasteiger partial charge in [-0.15, -0.1) is 0 Å². The average molecular weight is 463 g/mol. The van der Waals surface area contributed by atoms with E-state index in [0.29, 0.717) is 44.7 Å². The Morgan fingerprint density at radius 1 is 0.833 bits per heavy atom. The molecule has 0 aromatic heterocycles. The van der Waals surface area contributed by atoms with Crippen LogP contribution in [0.2, 0.25) is 36.3 Å². The zero-order valence-corrected chi connectivity index (χ0v) is 22.9. The summed E-state index contributed by atoms with van der Waals surface area (Å²) in [5, 5.41) is 0.527. The first kappa shape index (κ1) is 26.4. The maximum absolute atomic E-state index is 6.20. The summed E-state index contributed by atoms with van der Waals surface area (Å²) < 4.78 is 36.0. The van der Waals surface area contributed by atoms with Crippen LogP contribution in [0.25, 0.3) is 0 Å². The molecule has 0 radical (unpaired) electrons. The highest BCUT2D eigenvalue weighted by molar-refractivity contribution is 6.74. The highest BCUT2D eigenvalue weighted by Crippen LogP contribution is 2.36. The van der Waals surface area contributed by atoms with Crippen LogP contribution in [0.4, 0.5) is 0 Å². The van der Waals surface area contributed by atoms with Gasteiger partial charge >= 0.3 is 0 Å². The van der Waals surface area contributed by atoms with Crippen molar-refractivity contribution in [3.63, 3.8) is 0 Å². The van der Waals surface area contributed by atoms with Crippen molar-refractivity contribution >= 4 is 17.1 Å². The summed E-state index contributed by atoms with van der Waals surface area (Å²) in [6, 6.07) is 0. The van der Waals surface area contributed by atoms with Gasteiger partial charge in [0.1, 0.15) is 24.4 Å². The molecule has 178 valence electrons. The van der Waals surface area contributed by atoms with Crippen LogP contribution in [0.5, 0.6) is 0 Å². The molecule has 30 heavy (non-hydrogen) atoms. The topological polar surface area (TPSA) is 55.4 Å². The predicted molar refractivity (Wildman–Crippen MR) is 126 cm³/mol. The molecule has 0 saturated carbocycles. The first-order valence-corrected chi connectivity index (χ1v) is 17.3. The molecular formula is C22H46O6Si2. The Morgan fingerprint density at radius 2 is 1.33 bits per heavy atom. The molecular weight excluding hydrogens is 416 g/mol. The molecule has 0 unspecified atom stereocenters. The number of fused-ring (bicyclic) bond motifs is 1. The van der Waals surface area contributed by atoms with E-state index in [1.54, 1.807) is 0 Å². The van der Waals surface area contributed by atoms with E-state index in [1.807, 2.05) is 0 Å². The average Bonchev–Trinajstić information content (AvgIpc) is 3.20. The highest BCUT2D eigenvalue weighted by atomic mass is 28.4. The fourth-order valence-corrected chi connectivity index (χ4v) is 4.67. The lowest BCUT2D eigenvalue weighted by Crippen LogP contribution is -2.42. The second-order valence-electron chi connectivity index (χ2n) is 11.2. The van der Waals surface area contributed by atoms with Gasteiger partial charge < -0.3 is 28.1 Å². The monoisotopic (exact) mass is 462 g/mol. The van der Waals surface area contributed by atoms with E-state index in [0.717, 1.165) is 6.61 Å². The molecule has 0 spiro atoms. The van der Waals surface area contributed by atoms with Gasteiger partial charge in [0.25, 0.3) is 0 Å². The molecule has 0 amide bonds. The molecule has 2 rings (SSSR count). The molecule has 2 aliphatic heterocycles. The number of rotatable bonds is 12. The largest absolute Gasteiger partial charge is 0.414 e. The second-order valence-corrected chi connectivity index (χ2v) is 19.9. The van der Waals surface area contributed by atoms with Crippen molar-refractivity contribution in [2.45, 2.75) is 95.3 Å². The van der Waals surface area contributed by atoms with Crippen LogP contribution in [0.15, 0.2) is 0 Å². The molecule has 0 aromatic rings. The molecule has 0 aromatic carbocycles. The molecule has 4 atom stereocenters. The fraction of sp³-hybridized carbons (Fsp3) is 1.00. The second kappa shape index (κ2) is 10.9. The lowest BCUT2D eigenvalue weighted by molar-refractivity contribution is -0.0635. The van der Waals surface area contributed by atoms with Crippen molar-refractivity contribution in [1.29, 1.82) is 0 Å². The Morgan fingerprint density at radius 3 is 1.80 bits per heavy atom. The third-order valence-corrected chi connectivity index (χ3v) is 15.1. The van der Waals surface area contributed by atoms with Crippen molar-refractivity contribution < 1.29 is 28.1 Å². The molecule has 0 N–H and O–H groups in total. The Hall–Kier alpha value is 0.194. The minimum Gasteiger partial charge on any atom is -0.414 e. The fourth-order valence-electron chi connectivity index (χ4n) is 3.19. The van der Waals surface area contributed by atoms with E-state index in [4.69, 9.17) is 28.1 Å². The Labute approximate surface area is 187 Å². The first-order chi connectivity index (χ1) is 13.8. The van der Waals surface area contributed by atoms with Crippen LogP contribution in [0.3, 0.4) is 0 Å². The predicted octanol–water partition coefficient (Wildman–Crippen LogP) is 3.86. The van der Waals surface area contributed by atoms with Gasteiger partial charge in [0.15, 0.2) is 8.32 Å². The van der Waals surface area contributed by atoms with Gasteiger partial charge in [-0.1, -0.05) is 47.7 Å². The summed E-state index contributed by atoms with van der Waals surface area (Å²) >= 11 is 0. The van der Waals surface area contributed by atoms with E-state index < -0.39 is 17.1 Å². The van der Waals surface area contributed by atoms with E-state index >= 15 is 0 Å². The zero-order valence-electron chi connectivity index (χ0n) is 20.8. The van der Waals surface area contributed by atoms with E-state index in [2.05, 4.69) is 60.8 Å². The Balaban J connectivity index is 1.63. The maximum atomic E-state index is 6.20. The van der Waals surface area contributed by atoms with Crippen molar-refractivity contribution in [2.75, 3.05) is 46.2 Å². The van der Waals surface area contributed by atoms with Crippen LogP contribution in [-0.4, -0.2) is 87.8 Å². The van der Waals surface area contributed by atoms with Crippen molar-refractivity contribution in [2.24, 2.45) is 0 Å². The van der Waals surface area contributed by atoms with Crippen molar-refractivity contribution in [3.8, 4) is 0 Å². The lowest BCUT2D eigenvalue weighted by atomic mass is 10.1. The van der Waals surface area contributed by atoms with Gasteiger partial charge in [-0.2, -0.15) is 0 Å². The molecule has 0 bridgehead atoms. The van der Waals surface area contributed by atoms with E-state index in [9.17, 15) is 0 Å². The third-order valence-electron chi connectivity index (χ3n) is 7.24. The Kier molecular flexibility index (Phi) is 9.59. The zero-order chi connectivity index (χ0) is 22.6. The standard InChI is InChI=1S/C22H46O6Si2/c1-21(2,3)30(8,9)28-13-12-25-18-15-27-19-17(14-26-20(18)19)24-11-10-23-16-22(4,5)29(6)7/h17-20,29H,10-16H2,1-9H3/t17-,18+,19+,20+/m0/s1. The third kappa shape index (κ3) is 7.10. The number of ether oxygens (including phenoxy) is 5. The summed E-state index contributed by atoms with van der Waals surface area (Å²) in [6.07, 6.45) is -0.173. The van der Waals surface area contributed by atoms with E-state index in [-0.39, 0.29) is 29.5 Å². The van der Waals surface area contributed by atoms with Crippen LogP contribution >= 0.6 is 0 Å². The van der Waals surface area contributed by atoms with Gasteiger partial charge in [0, 0.05) is 15.4 Å². The van der Waals surface area contributed by atoms with Crippen LogP contribution in [0.1, 0.15) is 34.6 Å². The summed E-state index contributed by atoms with van der Waals surface area (Å²) in [5.41, 5.74) is 0. The molecule has 6 nitrogen and oxygen atoms in total. The van der Waals surface area contributed by atoms with Crippen LogP contribution in [-0.2, 0) is 28.1 Å². The molecule has 2 saturated heterocycles. The maximum Gasteiger partial charge on any atom is 0.192 e. The van der Waals surface area contributed by atoms with Gasteiger partial charge in [0.05, 0.1) is 39.6 Å². The lowest BCUT2D eigenvalue weighted by Gasteiger charge is -2.36. The SMILES string of the molecule is C[SiH](C)C(C)(C)COCCO[C@H]1CO[C@H]2[C@@H]1OC[C@H]2OCCO[Si](C)(C)C(C)(C)C. The summed E-state index contributed by atoms with van der Waals surface area (Å²) in [6.45, 7) is 24.9. The quantitative estimate of drug-likeness (QED) is 0.324. The molecule has 8 heteroatoms. The van der Waals surface area contributed by atoms with Gasteiger partial charge in [0.2, 0.25) is 0 Å². The normalized spacial score (nSPS) is 27.8. The molecule has 0 aliphatic carbocycles. The Bertz CT molecular complexity index is 520. The molecule has 2 fully saturated rings. The smallest absolute Gasteiger partial charge is 0.192 e. The molecule has 2 aliphatic rings. The number of hydrogen-bond acceptors (Lipinski definition) is 6. The molecule has 2 heterocycles. The minimum absolute atomic E-state index is 0.0387. The summed E-state index contributed by atoms with van der Waals surface area (Å²) in [7, 11) is -2.46. The van der Waals surface area contributed by atoms with Gasteiger partial charge in [-0.05, 0) is 23.2 Å². The highest BCUT2D eigenvalue weighted by Gasteiger charge is 2.49. The summed E-state index contributed by atoms with van der Waals surface area (Å²) in [5.74, 6) is 0. The van der Waals surface area contributed by atoms with Gasteiger partial charge in [-0.3, -0.25) is 0 Å². The van der Waals surface area contributed by atoms with E-state index in [1.165, 1.54) is 0 Å². The van der Waals surface area contributed by atoms with Crippen LogP contribution in [0, 0.1) is 0 Å². The summed E-state index contributed by atoms with van der Waals surface area (Å²) in [4.78, 5) is 0. The van der Waals surface area contributed by atoms with Gasteiger partial charge in [-0.25, -0.2) is 0 Å². The minimum atomic E-state index is -1.73. The van der Waals surface area contributed by atoms with Crippen molar-refractivity contribution in [3.05, 3.63) is 0 Å². The number of hydrogen-bond donors (Lipinski definition) is 0. The van der Waals surface area contributed by atoms with Crippen molar-refractivity contribution in [1.82, 2.24) is 0 Å².